The number of hydrogen-bond acceptors (Lipinski definition) is 5. The molecule has 0 amide bonds. The van der Waals surface area contributed by atoms with Gasteiger partial charge in [0.25, 0.3) is 0 Å². The van der Waals surface area contributed by atoms with E-state index < -0.39 is 0 Å². The van der Waals surface area contributed by atoms with Gasteiger partial charge < -0.3 is 8.83 Å². The summed E-state index contributed by atoms with van der Waals surface area (Å²) in [5, 5.41) is 8.87. The lowest BCUT2D eigenvalue weighted by atomic mass is 9.96. The number of hydrogen-bond donors (Lipinski definition) is 0. The van der Waals surface area contributed by atoms with E-state index >= 15 is 0 Å². The highest BCUT2D eigenvalue weighted by Crippen LogP contribution is 2.40. The Hall–Kier alpha value is -6.85. The number of aromatic nitrogens is 3. The zero-order valence-electron chi connectivity index (χ0n) is 28.0. The smallest absolute Gasteiger partial charge is 0.164 e. The number of para-hydroxylation sites is 1. The zero-order chi connectivity index (χ0) is 34.2. The van der Waals surface area contributed by atoms with Crippen LogP contribution in [0, 0.1) is 0 Å². The Morgan fingerprint density at radius 3 is 2.04 bits per heavy atom. The Balaban J connectivity index is 1.13. The molecular formula is C47H29N3O2. The van der Waals surface area contributed by atoms with Gasteiger partial charge in [-0.2, -0.15) is 0 Å². The van der Waals surface area contributed by atoms with Crippen molar-refractivity contribution in [1.82, 2.24) is 15.0 Å². The molecule has 0 bridgehead atoms. The van der Waals surface area contributed by atoms with Gasteiger partial charge in [-0.3, -0.25) is 0 Å². The molecule has 5 heteroatoms. The molecule has 0 saturated carbocycles. The van der Waals surface area contributed by atoms with Crippen molar-refractivity contribution in [2.75, 3.05) is 0 Å². The zero-order valence-corrected chi connectivity index (χ0v) is 28.0. The van der Waals surface area contributed by atoms with Crippen molar-refractivity contribution in [2.45, 2.75) is 12.3 Å². The van der Waals surface area contributed by atoms with Gasteiger partial charge >= 0.3 is 0 Å². The molecule has 0 radical (unpaired) electrons. The lowest BCUT2D eigenvalue weighted by Crippen LogP contribution is -2.08. The van der Waals surface area contributed by atoms with Crippen LogP contribution >= 0.6 is 0 Å². The van der Waals surface area contributed by atoms with Crippen LogP contribution < -0.4 is 0 Å². The van der Waals surface area contributed by atoms with Gasteiger partial charge in [-0.1, -0.05) is 115 Å². The summed E-state index contributed by atoms with van der Waals surface area (Å²) in [6, 6.07) is 46.4. The molecule has 3 aromatic heterocycles. The number of fused-ring (bicyclic) bond motifs is 9. The molecule has 0 spiro atoms. The van der Waals surface area contributed by atoms with Gasteiger partial charge in [0, 0.05) is 38.6 Å². The summed E-state index contributed by atoms with van der Waals surface area (Å²) in [6.07, 6.45) is 9.35. The van der Waals surface area contributed by atoms with Crippen molar-refractivity contribution in [2.24, 2.45) is 0 Å². The Bertz CT molecular complexity index is 3130. The summed E-state index contributed by atoms with van der Waals surface area (Å²) in [6.45, 7) is 0. The Morgan fingerprint density at radius 2 is 1.15 bits per heavy atom. The van der Waals surface area contributed by atoms with Crippen LogP contribution in [-0.4, -0.2) is 15.0 Å². The summed E-state index contributed by atoms with van der Waals surface area (Å²) < 4.78 is 12.7. The first kappa shape index (κ1) is 28.9. The van der Waals surface area contributed by atoms with E-state index in [2.05, 4.69) is 127 Å². The molecule has 7 aromatic carbocycles. The first-order valence-electron chi connectivity index (χ1n) is 17.6. The molecule has 1 aliphatic rings. The highest BCUT2D eigenvalue weighted by atomic mass is 16.3. The second kappa shape index (κ2) is 11.3. The van der Waals surface area contributed by atoms with Gasteiger partial charge in [-0.15, -0.1) is 0 Å². The Morgan fingerprint density at radius 1 is 0.462 bits per heavy atom. The average Bonchev–Trinajstić information content (AvgIpc) is 3.78. The van der Waals surface area contributed by atoms with Crippen LogP contribution in [0.4, 0.5) is 0 Å². The minimum Gasteiger partial charge on any atom is -0.456 e. The fraction of sp³-hybridized carbons (Fsp3) is 0.0426. The standard InChI is InChI=1S/C47H29N3O2/c1-2-11-28(12-3-1)45-48-46(50-47(49-45)38-26-31-13-4-5-14-32(31)33-15-6-7-16-34(33)38)37-18-10-20-42-44(37)39-25-29(22-24-41(39)51-42)30-21-23-36-35-17-8-9-19-40(35)52-43(36)27-30/h1-11,13-28H,12H2. The van der Waals surface area contributed by atoms with Gasteiger partial charge in [0.05, 0.1) is 0 Å². The Labute approximate surface area is 298 Å². The van der Waals surface area contributed by atoms with Crippen LogP contribution in [0.3, 0.4) is 0 Å². The Kier molecular flexibility index (Phi) is 6.31. The van der Waals surface area contributed by atoms with Crippen LogP contribution in [-0.2, 0) is 0 Å². The molecule has 244 valence electrons. The third-order valence-electron chi connectivity index (χ3n) is 10.4. The summed E-state index contributed by atoms with van der Waals surface area (Å²) in [5.74, 6) is 2.08. The highest BCUT2D eigenvalue weighted by Gasteiger charge is 2.22. The minimum absolute atomic E-state index is 0.0392. The monoisotopic (exact) mass is 667 g/mol. The number of nitrogens with zero attached hydrogens (tertiary/aromatic N) is 3. The molecule has 11 rings (SSSR count). The number of furan rings is 2. The molecule has 1 atom stereocenters. The predicted octanol–water partition coefficient (Wildman–Crippen LogP) is 12.6. The van der Waals surface area contributed by atoms with E-state index in [4.69, 9.17) is 23.8 Å². The van der Waals surface area contributed by atoms with Gasteiger partial charge in [-0.25, -0.2) is 15.0 Å². The van der Waals surface area contributed by atoms with E-state index in [1.54, 1.807) is 0 Å². The lowest BCUT2D eigenvalue weighted by Gasteiger charge is -2.16. The van der Waals surface area contributed by atoms with E-state index in [1.165, 1.54) is 10.8 Å². The topological polar surface area (TPSA) is 65.0 Å². The SMILES string of the molecule is C1=CCC(c2nc(-c3cc4ccccc4c4ccccc34)nc(-c3cccc4oc5ccc(-c6ccc7c(c6)oc6ccccc67)cc5c34)n2)C=C1. The summed E-state index contributed by atoms with van der Waals surface area (Å²) in [7, 11) is 0. The van der Waals surface area contributed by atoms with Crippen molar-refractivity contribution < 1.29 is 8.83 Å². The highest BCUT2D eigenvalue weighted by molar-refractivity contribution is 6.15. The fourth-order valence-electron chi connectivity index (χ4n) is 7.91. The predicted molar refractivity (Wildman–Crippen MR) is 211 cm³/mol. The molecule has 5 nitrogen and oxygen atoms in total. The van der Waals surface area contributed by atoms with Gasteiger partial charge in [-0.05, 0) is 81.6 Å². The van der Waals surface area contributed by atoms with Gasteiger partial charge in [0.15, 0.2) is 11.6 Å². The third kappa shape index (κ3) is 4.53. The molecule has 52 heavy (non-hydrogen) atoms. The molecule has 0 aliphatic heterocycles. The van der Waals surface area contributed by atoms with Crippen LogP contribution in [0.25, 0.3) is 99.3 Å². The number of allylic oxidation sites excluding steroid dienone is 4. The van der Waals surface area contributed by atoms with E-state index in [-0.39, 0.29) is 5.92 Å². The minimum atomic E-state index is 0.0392. The summed E-state index contributed by atoms with van der Waals surface area (Å²) in [5.41, 5.74) is 7.41. The molecule has 0 N–H and O–H groups in total. The van der Waals surface area contributed by atoms with Crippen molar-refractivity contribution in [3.8, 4) is 33.9 Å². The first-order chi connectivity index (χ1) is 25.7. The van der Waals surface area contributed by atoms with Gasteiger partial charge in [0.2, 0.25) is 0 Å². The van der Waals surface area contributed by atoms with Crippen LogP contribution in [0.2, 0.25) is 0 Å². The van der Waals surface area contributed by atoms with Crippen molar-refractivity contribution in [3.05, 3.63) is 164 Å². The van der Waals surface area contributed by atoms with Crippen LogP contribution in [0.15, 0.2) is 167 Å². The van der Waals surface area contributed by atoms with Crippen molar-refractivity contribution in [1.29, 1.82) is 0 Å². The molecule has 0 saturated heterocycles. The van der Waals surface area contributed by atoms with E-state index in [1.807, 2.05) is 30.3 Å². The summed E-state index contributed by atoms with van der Waals surface area (Å²) >= 11 is 0. The largest absolute Gasteiger partial charge is 0.456 e. The van der Waals surface area contributed by atoms with Crippen LogP contribution in [0.1, 0.15) is 18.2 Å². The van der Waals surface area contributed by atoms with Gasteiger partial charge in [0.1, 0.15) is 28.2 Å². The van der Waals surface area contributed by atoms with Crippen molar-refractivity contribution in [3.63, 3.8) is 0 Å². The lowest BCUT2D eigenvalue weighted by molar-refractivity contribution is 0.669. The molecule has 3 heterocycles. The second-order valence-corrected chi connectivity index (χ2v) is 13.5. The maximum atomic E-state index is 6.47. The third-order valence-corrected chi connectivity index (χ3v) is 10.4. The van der Waals surface area contributed by atoms with Crippen LogP contribution in [0.5, 0.6) is 0 Å². The molecule has 1 unspecified atom stereocenters. The molecule has 1 aliphatic carbocycles. The number of rotatable bonds is 4. The molecular weight excluding hydrogens is 639 g/mol. The summed E-state index contributed by atoms with van der Waals surface area (Å²) in [4.78, 5) is 15.7. The normalized spacial score (nSPS) is 14.5. The maximum Gasteiger partial charge on any atom is 0.164 e. The molecule has 10 aromatic rings. The second-order valence-electron chi connectivity index (χ2n) is 13.5. The maximum absolute atomic E-state index is 6.47. The number of benzene rings is 7. The van der Waals surface area contributed by atoms with E-state index in [0.29, 0.717) is 11.6 Å². The van der Waals surface area contributed by atoms with Crippen molar-refractivity contribution >= 4 is 65.4 Å². The quantitative estimate of drug-likeness (QED) is 0.175. The average molecular weight is 668 g/mol. The van der Waals surface area contributed by atoms with E-state index in [9.17, 15) is 0 Å². The fourth-order valence-corrected chi connectivity index (χ4v) is 7.91. The molecule has 0 fully saturated rings. The first-order valence-corrected chi connectivity index (χ1v) is 17.6. The van der Waals surface area contributed by atoms with E-state index in [0.717, 1.165) is 89.1 Å².